The first kappa shape index (κ1) is 14.1. The van der Waals surface area contributed by atoms with Crippen molar-refractivity contribution in [2.24, 2.45) is 11.7 Å². The number of nitrogens with two attached hydrogens (primary N) is 1. The van der Waals surface area contributed by atoms with Crippen molar-refractivity contribution in [3.05, 3.63) is 71.3 Å². The van der Waals surface area contributed by atoms with E-state index in [-0.39, 0.29) is 17.4 Å². The third-order valence-electron chi connectivity index (χ3n) is 4.15. The topological polar surface area (TPSA) is 26.0 Å². The van der Waals surface area contributed by atoms with Crippen molar-refractivity contribution in [1.29, 1.82) is 0 Å². The van der Waals surface area contributed by atoms with Crippen molar-refractivity contribution >= 4 is 0 Å². The minimum atomic E-state index is -4.36. The summed E-state index contributed by atoms with van der Waals surface area (Å²) < 4.78 is 39.2. The van der Waals surface area contributed by atoms with Gasteiger partial charge in [-0.25, -0.2) is 0 Å². The molecule has 2 aromatic carbocycles. The Labute approximate surface area is 121 Å². The van der Waals surface area contributed by atoms with Crippen molar-refractivity contribution in [2.75, 3.05) is 0 Å². The first-order valence-electron chi connectivity index (χ1n) is 6.95. The zero-order valence-corrected chi connectivity index (χ0v) is 11.3. The summed E-state index contributed by atoms with van der Waals surface area (Å²) in [4.78, 5) is 0. The Morgan fingerprint density at radius 1 is 0.952 bits per heavy atom. The van der Waals surface area contributed by atoms with Gasteiger partial charge in [0.2, 0.25) is 0 Å². The maximum atomic E-state index is 13.1. The summed E-state index contributed by atoms with van der Waals surface area (Å²) in [5.41, 5.74) is 6.87. The molecule has 4 heteroatoms. The Hall–Kier alpha value is -1.81. The number of halogens is 3. The van der Waals surface area contributed by atoms with Crippen LogP contribution in [0.5, 0.6) is 0 Å². The smallest absolute Gasteiger partial charge is 0.324 e. The Bertz CT molecular complexity index is 621. The van der Waals surface area contributed by atoms with E-state index < -0.39 is 17.8 Å². The number of hydrogen-bond donors (Lipinski definition) is 1. The second kappa shape index (κ2) is 5.19. The fourth-order valence-electron chi connectivity index (χ4n) is 2.97. The first-order chi connectivity index (χ1) is 9.98. The van der Waals surface area contributed by atoms with Crippen LogP contribution in [-0.4, -0.2) is 0 Å². The van der Waals surface area contributed by atoms with Gasteiger partial charge in [-0.3, -0.25) is 0 Å². The molecule has 1 nitrogen and oxygen atoms in total. The zero-order valence-electron chi connectivity index (χ0n) is 11.3. The lowest BCUT2D eigenvalue weighted by atomic mass is 9.95. The van der Waals surface area contributed by atoms with Gasteiger partial charge in [0.15, 0.2) is 0 Å². The van der Waals surface area contributed by atoms with E-state index in [2.05, 4.69) is 0 Å². The summed E-state index contributed by atoms with van der Waals surface area (Å²) in [5, 5.41) is 0. The van der Waals surface area contributed by atoms with Crippen LogP contribution in [0.2, 0.25) is 0 Å². The fourth-order valence-corrected chi connectivity index (χ4v) is 2.97. The number of hydrogen-bond acceptors (Lipinski definition) is 1. The molecule has 2 aromatic rings. The summed E-state index contributed by atoms with van der Waals surface area (Å²) in [6, 6.07) is 14.9. The van der Waals surface area contributed by atoms with Crippen LogP contribution in [-0.2, 0) is 6.18 Å². The fraction of sp³-hybridized carbons (Fsp3) is 0.294. The van der Waals surface area contributed by atoms with Crippen LogP contribution in [0.1, 0.15) is 35.1 Å². The number of rotatable bonds is 3. The van der Waals surface area contributed by atoms with Crippen LogP contribution in [0, 0.1) is 5.92 Å². The van der Waals surface area contributed by atoms with Crippen molar-refractivity contribution in [3.8, 4) is 0 Å². The summed E-state index contributed by atoms with van der Waals surface area (Å²) in [6.07, 6.45) is -3.51. The van der Waals surface area contributed by atoms with Crippen molar-refractivity contribution in [3.63, 3.8) is 0 Å². The highest BCUT2D eigenvalue weighted by molar-refractivity contribution is 5.36. The predicted molar refractivity (Wildman–Crippen MR) is 75.7 cm³/mol. The third-order valence-corrected chi connectivity index (χ3v) is 4.15. The highest BCUT2D eigenvalue weighted by atomic mass is 19.4. The molecule has 0 aromatic heterocycles. The molecule has 0 bridgehead atoms. The predicted octanol–water partition coefficient (Wildman–Crippen LogP) is 4.51. The van der Waals surface area contributed by atoms with E-state index in [1.807, 2.05) is 30.3 Å². The van der Waals surface area contributed by atoms with E-state index in [0.29, 0.717) is 0 Å². The van der Waals surface area contributed by atoms with Crippen LogP contribution >= 0.6 is 0 Å². The van der Waals surface area contributed by atoms with E-state index in [0.717, 1.165) is 18.1 Å². The molecule has 0 amide bonds. The van der Waals surface area contributed by atoms with E-state index in [4.69, 9.17) is 5.73 Å². The highest BCUT2D eigenvalue weighted by Gasteiger charge is 2.45. The minimum Gasteiger partial charge on any atom is -0.324 e. The van der Waals surface area contributed by atoms with E-state index in [1.54, 1.807) is 6.07 Å². The molecule has 3 atom stereocenters. The Morgan fingerprint density at radius 2 is 1.57 bits per heavy atom. The summed E-state index contributed by atoms with van der Waals surface area (Å²) in [7, 11) is 0. The van der Waals surface area contributed by atoms with Gasteiger partial charge >= 0.3 is 6.18 Å². The van der Waals surface area contributed by atoms with Crippen LogP contribution in [0.3, 0.4) is 0 Å². The van der Waals surface area contributed by atoms with Gasteiger partial charge < -0.3 is 5.73 Å². The standard InChI is InChI=1S/C17H16F3N/c18-17(19,20)15-9-5-4-8-12(15)16(21)14-10-13(14)11-6-2-1-3-7-11/h1-9,13-14,16H,10,21H2. The van der Waals surface area contributed by atoms with E-state index in [1.165, 1.54) is 12.1 Å². The molecule has 1 fully saturated rings. The Balaban J connectivity index is 1.84. The Morgan fingerprint density at radius 3 is 2.24 bits per heavy atom. The maximum Gasteiger partial charge on any atom is 0.416 e. The molecule has 2 N–H and O–H groups in total. The number of benzene rings is 2. The molecule has 0 spiro atoms. The molecule has 110 valence electrons. The lowest BCUT2D eigenvalue weighted by molar-refractivity contribution is -0.138. The molecule has 3 rings (SSSR count). The molecule has 1 aliphatic carbocycles. The van der Waals surface area contributed by atoms with Crippen LogP contribution in [0.4, 0.5) is 13.2 Å². The average Bonchev–Trinajstić information content (AvgIpc) is 3.27. The average molecular weight is 291 g/mol. The van der Waals surface area contributed by atoms with Gasteiger partial charge in [-0.1, -0.05) is 48.5 Å². The second-order valence-corrected chi connectivity index (χ2v) is 5.53. The molecule has 0 saturated heterocycles. The monoisotopic (exact) mass is 291 g/mol. The molecule has 21 heavy (non-hydrogen) atoms. The van der Waals surface area contributed by atoms with Gasteiger partial charge in [-0.15, -0.1) is 0 Å². The first-order valence-corrected chi connectivity index (χ1v) is 6.95. The van der Waals surface area contributed by atoms with Gasteiger partial charge in [-0.2, -0.15) is 13.2 Å². The molecule has 0 aliphatic heterocycles. The maximum absolute atomic E-state index is 13.1. The van der Waals surface area contributed by atoms with Crippen LogP contribution in [0.15, 0.2) is 54.6 Å². The SMILES string of the molecule is NC(c1ccccc1C(F)(F)F)C1CC1c1ccccc1. The zero-order chi connectivity index (χ0) is 15.0. The van der Waals surface area contributed by atoms with Crippen LogP contribution < -0.4 is 5.73 Å². The van der Waals surface area contributed by atoms with Crippen molar-refractivity contribution < 1.29 is 13.2 Å². The highest BCUT2D eigenvalue weighted by Crippen LogP contribution is 2.54. The second-order valence-electron chi connectivity index (χ2n) is 5.53. The van der Waals surface area contributed by atoms with E-state index >= 15 is 0 Å². The van der Waals surface area contributed by atoms with Gasteiger partial charge in [0.1, 0.15) is 0 Å². The summed E-state index contributed by atoms with van der Waals surface area (Å²) in [6.45, 7) is 0. The quantitative estimate of drug-likeness (QED) is 0.884. The largest absolute Gasteiger partial charge is 0.416 e. The molecule has 0 heterocycles. The van der Waals surface area contributed by atoms with Gasteiger partial charge in [-0.05, 0) is 35.4 Å². The normalized spacial score (nSPS) is 22.9. The van der Waals surface area contributed by atoms with Gasteiger partial charge in [0.25, 0.3) is 0 Å². The van der Waals surface area contributed by atoms with E-state index in [9.17, 15) is 13.2 Å². The molecule has 3 unspecified atom stereocenters. The third kappa shape index (κ3) is 2.81. The van der Waals surface area contributed by atoms with Crippen LogP contribution in [0.25, 0.3) is 0 Å². The lowest BCUT2D eigenvalue weighted by Crippen LogP contribution is -2.19. The minimum absolute atomic E-state index is 0.0795. The number of alkyl halides is 3. The molecule has 1 saturated carbocycles. The Kier molecular flexibility index (Phi) is 3.49. The van der Waals surface area contributed by atoms with Crippen molar-refractivity contribution in [1.82, 2.24) is 0 Å². The molecule has 1 aliphatic rings. The summed E-state index contributed by atoms with van der Waals surface area (Å²) in [5.74, 6) is 0.346. The van der Waals surface area contributed by atoms with Crippen molar-refractivity contribution in [2.45, 2.75) is 24.6 Å². The lowest BCUT2D eigenvalue weighted by Gasteiger charge is -2.18. The molecule has 0 radical (unpaired) electrons. The van der Waals surface area contributed by atoms with Gasteiger partial charge in [0, 0.05) is 6.04 Å². The molecular weight excluding hydrogens is 275 g/mol. The summed E-state index contributed by atoms with van der Waals surface area (Å²) >= 11 is 0. The molecular formula is C17H16F3N. The van der Waals surface area contributed by atoms with Gasteiger partial charge in [0.05, 0.1) is 5.56 Å².